The smallest absolute Gasteiger partial charge is 0.177 e. The van der Waals surface area contributed by atoms with Crippen molar-refractivity contribution < 1.29 is 13.2 Å². The first-order chi connectivity index (χ1) is 9.80. The van der Waals surface area contributed by atoms with Crippen molar-refractivity contribution >= 4 is 15.5 Å². The molecule has 0 fully saturated rings. The third-order valence-corrected chi connectivity index (χ3v) is 4.34. The van der Waals surface area contributed by atoms with E-state index in [1.165, 1.54) is 6.07 Å². The number of anilines is 1. The van der Waals surface area contributed by atoms with Gasteiger partial charge < -0.3 is 10.5 Å². The summed E-state index contributed by atoms with van der Waals surface area (Å²) in [5.74, 6) is 1.33. The average molecular weight is 305 g/mol. The summed E-state index contributed by atoms with van der Waals surface area (Å²) >= 11 is 0. The molecule has 0 unspecified atom stereocenters. The van der Waals surface area contributed by atoms with Crippen molar-refractivity contribution in [1.82, 2.24) is 0 Å². The standard InChI is InChI=1S/C16H19NO3S/c1-11(2)12-7-4-5-8-13(12)20-14-9-6-10-15(16(14)17)21(3,18)19/h4-11H,17H2,1-3H3. The van der Waals surface area contributed by atoms with Crippen molar-refractivity contribution in [3.8, 4) is 11.5 Å². The molecule has 0 aliphatic rings. The van der Waals surface area contributed by atoms with Crippen LogP contribution in [0.5, 0.6) is 11.5 Å². The van der Waals surface area contributed by atoms with Gasteiger partial charge in [0.05, 0.1) is 10.6 Å². The largest absolute Gasteiger partial charge is 0.455 e. The molecule has 0 aromatic heterocycles. The minimum Gasteiger partial charge on any atom is -0.455 e. The van der Waals surface area contributed by atoms with E-state index in [0.717, 1.165) is 11.8 Å². The fourth-order valence-corrected chi connectivity index (χ4v) is 2.93. The third kappa shape index (κ3) is 3.36. The van der Waals surface area contributed by atoms with Gasteiger partial charge >= 0.3 is 0 Å². The van der Waals surface area contributed by atoms with Gasteiger partial charge in [0.1, 0.15) is 5.75 Å². The number of ether oxygens (including phenoxy) is 1. The Hall–Kier alpha value is -2.01. The van der Waals surface area contributed by atoms with Gasteiger partial charge in [0.15, 0.2) is 15.6 Å². The van der Waals surface area contributed by atoms with Crippen molar-refractivity contribution in [2.45, 2.75) is 24.7 Å². The Bertz CT molecular complexity index is 752. The van der Waals surface area contributed by atoms with E-state index < -0.39 is 9.84 Å². The third-order valence-electron chi connectivity index (χ3n) is 3.19. The first-order valence-corrected chi connectivity index (χ1v) is 8.55. The molecule has 0 saturated heterocycles. The second-order valence-electron chi connectivity index (χ2n) is 5.23. The van der Waals surface area contributed by atoms with Crippen LogP contribution in [-0.2, 0) is 9.84 Å². The number of hydrogen-bond acceptors (Lipinski definition) is 4. The van der Waals surface area contributed by atoms with E-state index in [-0.39, 0.29) is 10.6 Å². The minimum atomic E-state index is -3.38. The molecular weight excluding hydrogens is 286 g/mol. The molecule has 0 atom stereocenters. The molecule has 5 heteroatoms. The number of rotatable bonds is 4. The predicted molar refractivity (Wildman–Crippen MR) is 84.6 cm³/mol. The van der Waals surface area contributed by atoms with Crippen LogP contribution in [0.15, 0.2) is 47.4 Å². The Kier molecular flexibility index (Phi) is 4.23. The number of nitrogen functional groups attached to an aromatic ring is 1. The van der Waals surface area contributed by atoms with E-state index in [2.05, 4.69) is 13.8 Å². The van der Waals surface area contributed by atoms with Crippen LogP contribution in [0.2, 0.25) is 0 Å². The molecule has 0 amide bonds. The summed E-state index contributed by atoms with van der Waals surface area (Å²) in [5, 5.41) is 0. The van der Waals surface area contributed by atoms with Crippen molar-refractivity contribution in [1.29, 1.82) is 0 Å². The highest BCUT2D eigenvalue weighted by atomic mass is 32.2. The SMILES string of the molecule is CC(C)c1ccccc1Oc1cccc(S(C)(=O)=O)c1N. The van der Waals surface area contributed by atoms with Crippen LogP contribution < -0.4 is 10.5 Å². The molecule has 0 heterocycles. The molecule has 112 valence electrons. The number of benzene rings is 2. The van der Waals surface area contributed by atoms with Gasteiger partial charge in [-0.3, -0.25) is 0 Å². The van der Waals surface area contributed by atoms with Crippen LogP contribution >= 0.6 is 0 Å². The summed E-state index contributed by atoms with van der Waals surface area (Å²) in [6, 6.07) is 12.4. The van der Waals surface area contributed by atoms with Gasteiger partial charge in [-0.05, 0) is 29.7 Å². The fourth-order valence-electron chi connectivity index (χ4n) is 2.11. The molecule has 2 rings (SSSR count). The molecule has 4 nitrogen and oxygen atoms in total. The fraction of sp³-hybridized carbons (Fsp3) is 0.250. The van der Waals surface area contributed by atoms with E-state index in [9.17, 15) is 8.42 Å². The van der Waals surface area contributed by atoms with E-state index in [4.69, 9.17) is 10.5 Å². The van der Waals surface area contributed by atoms with Crippen molar-refractivity contribution in [3.05, 3.63) is 48.0 Å². The van der Waals surface area contributed by atoms with Crippen molar-refractivity contribution in [2.75, 3.05) is 12.0 Å². The molecule has 0 radical (unpaired) electrons. The number of hydrogen-bond donors (Lipinski definition) is 1. The highest BCUT2D eigenvalue weighted by Crippen LogP contribution is 2.35. The van der Waals surface area contributed by atoms with Crippen molar-refractivity contribution in [3.63, 3.8) is 0 Å². The Morgan fingerprint density at radius 2 is 1.62 bits per heavy atom. The highest BCUT2D eigenvalue weighted by molar-refractivity contribution is 7.90. The van der Waals surface area contributed by atoms with E-state index >= 15 is 0 Å². The maximum atomic E-state index is 11.7. The lowest BCUT2D eigenvalue weighted by Gasteiger charge is -2.15. The second-order valence-corrected chi connectivity index (χ2v) is 7.22. The predicted octanol–water partition coefficient (Wildman–Crippen LogP) is 3.59. The van der Waals surface area contributed by atoms with Gasteiger partial charge in [-0.25, -0.2) is 8.42 Å². The Morgan fingerprint density at radius 1 is 1.00 bits per heavy atom. The molecule has 0 aliphatic carbocycles. The Morgan fingerprint density at radius 3 is 2.24 bits per heavy atom. The summed E-state index contributed by atoms with van der Waals surface area (Å²) in [6.07, 6.45) is 1.13. The van der Waals surface area contributed by atoms with Gasteiger partial charge in [0, 0.05) is 6.26 Å². The first-order valence-electron chi connectivity index (χ1n) is 6.66. The van der Waals surface area contributed by atoms with Gasteiger partial charge in [-0.15, -0.1) is 0 Å². The normalized spacial score (nSPS) is 11.6. The number of nitrogens with two attached hydrogens (primary N) is 1. The molecule has 0 bridgehead atoms. The summed E-state index contributed by atoms with van der Waals surface area (Å²) < 4.78 is 29.2. The molecular formula is C16H19NO3S. The van der Waals surface area contributed by atoms with Crippen LogP contribution in [0.25, 0.3) is 0 Å². The zero-order valence-corrected chi connectivity index (χ0v) is 13.1. The average Bonchev–Trinajstić information content (AvgIpc) is 2.40. The van der Waals surface area contributed by atoms with Gasteiger partial charge in [0.2, 0.25) is 0 Å². The summed E-state index contributed by atoms with van der Waals surface area (Å²) in [6.45, 7) is 4.14. The number of para-hydroxylation sites is 2. The second kappa shape index (κ2) is 5.77. The van der Waals surface area contributed by atoms with Crippen LogP contribution in [0.3, 0.4) is 0 Å². The summed E-state index contributed by atoms with van der Waals surface area (Å²) in [5.41, 5.74) is 7.12. The van der Waals surface area contributed by atoms with E-state index in [0.29, 0.717) is 17.4 Å². The highest BCUT2D eigenvalue weighted by Gasteiger charge is 2.16. The monoisotopic (exact) mass is 305 g/mol. The molecule has 2 aromatic carbocycles. The molecule has 2 N–H and O–H groups in total. The maximum Gasteiger partial charge on any atom is 0.177 e. The van der Waals surface area contributed by atoms with Crippen molar-refractivity contribution in [2.24, 2.45) is 0 Å². The zero-order valence-electron chi connectivity index (χ0n) is 12.3. The van der Waals surface area contributed by atoms with Crippen LogP contribution in [0.4, 0.5) is 5.69 Å². The summed E-state index contributed by atoms with van der Waals surface area (Å²) in [4.78, 5) is 0.0852. The quantitative estimate of drug-likeness (QED) is 0.876. The summed E-state index contributed by atoms with van der Waals surface area (Å²) in [7, 11) is -3.38. The number of sulfone groups is 1. The first kappa shape index (κ1) is 15.4. The lowest BCUT2D eigenvalue weighted by Crippen LogP contribution is -2.04. The topological polar surface area (TPSA) is 69.4 Å². The Balaban J connectivity index is 2.47. The Labute approximate surface area is 125 Å². The molecule has 0 spiro atoms. The molecule has 0 saturated carbocycles. The zero-order chi connectivity index (χ0) is 15.6. The lowest BCUT2D eigenvalue weighted by atomic mass is 10.0. The van der Waals surface area contributed by atoms with Crippen LogP contribution in [-0.4, -0.2) is 14.7 Å². The van der Waals surface area contributed by atoms with E-state index in [1.54, 1.807) is 12.1 Å². The van der Waals surface area contributed by atoms with Crippen LogP contribution in [0, 0.1) is 0 Å². The minimum absolute atomic E-state index is 0.0852. The molecule has 21 heavy (non-hydrogen) atoms. The lowest BCUT2D eigenvalue weighted by molar-refractivity contribution is 0.474. The maximum absolute atomic E-state index is 11.7. The molecule has 0 aliphatic heterocycles. The van der Waals surface area contributed by atoms with Crippen LogP contribution in [0.1, 0.15) is 25.3 Å². The van der Waals surface area contributed by atoms with Gasteiger partial charge in [-0.2, -0.15) is 0 Å². The molecule has 2 aromatic rings. The van der Waals surface area contributed by atoms with Gasteiger partial charge in [-0.1, -0.05) is 38.1 Å². The van der Waals surface area contributed by atoms with E-state index in [1.807, 2.05) is 24.3 Å². The van der Waals surface area contributed by atoms with Gasteiger partial charge in [0.25, 0.3) is 0 Å².